The van der Waals surface area contributed by atoms with Gasteiger partial charge in [-0.05, 0) is 12.8 Å². The first-order valence-electron chi connectivity index (χ1n) is 4.20. The van der Waals surface area contributed by atoms with Gasteiger partial charge in [0.15, 0.2) is 0 Å². The Bertz CT molecular complexity index is 232. The van der Waals surface area contributed by atoms with Crippen molar-refractivity contribution in [2.24, 2.45) is 11.3 Å². The number of fused-ring (bicyclic) bond motifs is 1. The van der Waals surface area contributed by atoms with Crippen molar-refractivity contribution in [3.05, 3.63) is 0 Å². The minimum atomic E-state index is -0.241. The minimum absolute atomic E-state index is 0.0868. The molecule has 0 aromatic heterocycles. The number of carbonyl (C=O) groups is 2. The molecule has 0 spiro atoms. The van der Waals surface area contributed by atoms with Crippen molar-refractivity contribution < 1.29 is 9.59 Å². The normalized spacial score (nSPS) is 43.2. The van der Waals surface area contributed by atoms with Crippen LogP contribution in [0.25, 0.3) is 0 Å². The molecule has 2 heteroatoms. The summed E-state index contributed by atoms with van der Waals surface area (Å²) in [4.78, 5) is 22.6. The van der Waals surface area contributed by atoms with Gasteiger partial charge >= 0.3 is 0 Å². The molecule has 0 aliphatic heterocycles. The predicted molar refractivity (Wildman–Crippen MR) is 40.1 cm³/mol. The number of Topliss-reactive ketones (excluding diaryl/α,β-unsaturated/α-hetero) is 2. The lowest BCUT2D eigenvalue weighted by molar-refractivity contribution is -0.153. The van der Waals surface area contributed by atoms with Gasteiger partial charge in [-0.1, -0.05) is 6.92 Å². The van der Waals surface area contributed by atoms with Crippen molar-refractivity contribution in [3.8, 4) is 0 Å². The van der Waals surface area contributed by atoms with Crippen molar-refractivity contribution >= 4 is 11.6 Å². The second kappa shape index (κ2) is 1.93. The Kier molecular flexibility index (Phi) is 1.23. The minimum Gasteiger partial charge on any atom is -0.299 e. The quantitative estimate of drug-likeness (QED) is 0.524. The Morgan fingerprint density at radius 3 is 2.55 bits per heavy atom. The van der Waals surface area contributed by atoms with Gasteiger partial charge in [-0.3, -0.25) is 9.59 Å². The SMILES string of the molecule is CC12CCC1C(=O)CCC2=O. The number of hydrogen-bond acceptors (Lipinski definition) is 2. The number of hydrogen-bond donors (Lipinski definition) is 0. The van der Waals surface area contributed by atoms with Crippen molar-refractivity contribution in [2.75, 3.05) is 0 Å². The van der Waals surface area contributed by atoms with E-state index >= 15 is 0 Å². The highest BCUT2D eigenvalue weighted by Gasteiger charge is 2.53. The van der Waals surface area contributed by atoms with Gasteiger partial charge < -0.3 is 0 Å². The molecule has 2 saturated carbocycles. The standard InChI is InChI=1S/C9H12O2/c1-9-5-4-6(9)7(10)2-3-8(9)11/h6H,2-5H2,1H3. The first-order valence-corrected chi connectivity index (χ1v) is 4.20. The fourth-order valence-electron chi connectivity index (χ4n) is 2.27. The zero-order valence-electron chi connectivity index (χ0n) is 6.72. The van der Waals surface area contributed by atoms with Gasteiger partial charge in [-0.15, -0.1) is 0 Å². The summed E-state index contributed by atoms with van der Waals surface area (Å²) in [6.45, 7) is 1.94. The number of ketones is 2. The maximum Gasteiger partial charge on any atom is 0.139 e. The summed E-state index contributed by atoms with van der Waals surface area (Å²) >= 11 is 0. The zero-order valence-corrected chi connectivity index (χ0v) is 6.72. The molecule has 11 heavy (non-hydrogen) atoms. The van der Waals surface area contributed by atoms with Crippen LogP contribution in [0.2, 0.25) is 0 Å². The second-order valence-corrected chi connectivity index (χ2v) is 3.90. The molecule has 0 saturated heterocycles. The van der Waals surface area contributed by atoms with E-state index in [-0.39, 0.29) is 11.3 Å². The van der Waals surface area contributed by atoms with Crippen LogP contribution in [0.1, 0.15) is 32.6 Å². The zero-order chi connectivity index (χ0) is 8.06. The van der Waals surface area contributed by atoms with Crippen LogP contribution in [0.15, 0.2) is 0 Å². The molecular weight excluding hydrogens is 140 g/mol. The van der Waals surface area contributed by atoms with Gasteiger partial charge in [0, 0.05) is 24.2 Å². The summed E-state index contributed by atoms with van der Waals surface area (Å²) in [7, 11) is 0. The van der Waals surface area contributed by atoms with Crippen LogP contribution in [0, 0.1) is 11.3 Å². The van der Waals surface area contributed by atoms with Crippen LogP contribution in [-0.2, 0) is 9.59 Å². The first-order chi connectivity index (χ1) is 5.14. The van der Waals surface area contributed by atoms with Crippen LogP contribution >= 0.6 is 0 Å². The molecule has 2 fully saturated rings. The van der Waals surface area contributed by atoms with Crippen molar-refractivity contribution in [3.63, 3.8) is 0 Å². The van der Waals surface area contributed by atoms with Crippen LogP contribution in [0.4, 0.5) is 0 Å². The van der Waals surface area contributed by atoms with E-state index in [4.69, 9.17) is 0 Å². The fraction of sp³-hybridized carbons (Fsp3) is 0.778. The van der Waals surface area contributed by atoms with E-state index in [0.717, 1.165) is 12.8 Å². The lowest BCUT2D eigenvalue weighted by Gasteiger charge is -2.47. The fourth-order valence-corrected chi connectivity index (χ4v) is 2.27. The third-order valence-corrected chi connectivity index (χ3v) is 3.35. The summed E-state index contributed by atoms with van der Waals surface area (Å²) in [5.41, 5.74) is -0.241. The lowest BCUT2D eigenvalue weighted by Crippen LogP contribution is -2.51. The highest BCUT2D eigenvalue weighted by Crippen LogP contribution is 2.51. The molecule has 0 bridgehead atoms. The Morgan fingerprint density at radius 2 is 2.09 bits per heavy atom. The number of carbonyl (C=O) groups excluding carboxylic acids is 2. The van der Waals surface area contributed by atoms with E-state index in [1.165, 1.54) is 0 Å². The van der Waals surface area contributed by atoms with E-state index in [0.29, 0.717) is 24.4 Å². The Hall–Kier alpha value is -0.660. The predicted octanol–water partition coefficient (Wildman–Crippen LogP) is 1.33. The molecule has 2 unspecified atom stereocenters. The van der Waals surface area contributed by atoms with Gasteiger partial charge in [-0.25, -0.2) is 0 Å². The average molecular weight is 152 g/mol. The Labute approximate surface area is 66.0 Å². The van der Waals surface area contributed by atoms with E-state index in [9.17, 15) is 9.59 Å². The largest absolute Gasteiger partial charge is 0.299 e. The highest BCUT2D eigenvalue weighted by atomic mass is 16.1. The molecule has 0 amide bonds. The lowest BCUT2D eigenvalue weighted by atomic mass is 9.54. The molecule has 0 N–H and O–H groups in total. The van der Waals surface area contributed by atoms with Gasteiger partial charge in [0.25, 0.3) is 0 Å². The summed E-state index contributed by atoms with van der Waals surface area (Å²) < 4.78 is 0. The van der Waals surface area contributed by atoms with Crippen LogP contribution in [0.3, 0.4) is 0 Å². The molecule has 2 aliphatic rings. The molecule has 2 nitrogen and oxygen atoms in total. The summed E-state index contributed by atoms with van der Waals surface area (Å²) in [6, 6.07) is 0. The van der Waals surface area contributed by atoms with E-state index in [2.05, 4.69) is 0 Å². The molecule has 0 radical (unpaired) electrons. The Balaban J connectivity index is 2.28. The van der Waals surface area contributed by atoms with Crippen LogP contribution in [0.5, 0.6) is 0 Å². The third-order valence-electron chi connectivity index (χ3n) is 3.35. The molecule has 2 rings (SSSR count). The molecule has 0 aromatic rings. The maximum absolute atomic E-state index is 11.4. The monoisotopic (exact) mass is 152 g/mol. The molecule has 2 aliphatic carbocycles. The molecule has 2 atom stereocenters. The molecule has 0 aromatic carbocycles. The number of rotatable bonds is 0. The van der Waals surface area contributed by atoms with Crippen LogP contribution in [-0.4, -0.2) is 11.6 Å². The highest BCUT2D eigenvalue weighted by molar-refractivity contribution is 6.00. The van der Waals surface area contributed by atoms with Gasteiger partial charge in [0.05, 0.1) is 0 Å². The van der Waals surface area contributed by atoms with E-state index in [1.54, 1.807) is 0 Å². The smallest absolute Gasteiger partial charge is 0.139 e. The van der Waals surface area contributed by atoms with Gasteiger partial charge in [-0.2, -0.15) is 0 Å². The van der Waals surface area contributed by atoms with E-state index in [1.807, 2.05) is 6.92 Å². The molecular formula is C9H12O2. The molecule has 0 heterocycles. The first kappa shape index (κ1) is 7.01. The van der Waals surface area contributed by atoms with Crippen molar-refractivity contribution in [1.82, 2.24) is 0 Å². The van der Waals surface area contributed by atoms with E-state index < -0.39 is 0 Å². The second-order valence-electron chi connectivity index (χ2n) is 3.90. The van der Waals surface area contributed by atoms with Crippen LogP contribution < -0.4 is 0 Å². The molecule has 60 valence electrons. The van der Waals surface area contributed by atoms with Crippen molar-refractivity contribution in [2.45, 2.75) is 32.6 Å². The summed E-state index contributed by atoms with van der Waals surface area (Å²) in [5, 5.41) is 0. The Morgan fingerprint density at radius 1 is 1.36 bits per heavy atom. The maximum atomic E-state index is 11.4. The summed E-state index contributed by atoms with van der Waals surface area (Å²) in [5.74, 6) is 0.718. The van der Waals surface area contributed by atoms with Gasteiger partial charge in [0.1, 0.15) is 11.6 Å². The van der Waals surface area contributed by atoms with Crippen molar-refractivity contribution in [1.29, 1.82) is 0 Å². The third kappa shape index (κ3) is 0.725. The van der Waals surface area contributed by atoms with Gasteiger partial charge in [0.2, 0.25) is 0 Å². The topological polar surface area (TPSA) is 34.1 Å². The summed E-state index contributed by atoms with van der Waals surface area (Å²) in [6.07, 6.45) is 2.87. The average Bonchev–Trinajstić information content (AvgIpc) is 1.94.